The molecule has 2 rings (SSSR count). The third-order valence-corrected chi connectivity index (χ3v) is 10.5. The maximum absolute atomic E-state index is 14.4. The summed E-state index contributed by atoms with van der Waals surface area (Å²) in [6.07, 6.45) is 6.33. The van der Waals surface area contributed by atoms with Gasteiger partial charge in [-0.15, -0.1) is 10.2 Å². The number of ether oxygens (including phenoxy) is 2. The fraction of sp³-hybridized carbons (Fsp3) is 0.775. The zero-order valence-electron chi connectivity index (χ0n) is 36.2. The van der Waals surface area contributed by atoms with Crippen molar-refractivity contribution in [3.63, 3.8) is 0 Å². The van der Waals surface area contributed by atoms with Crippen molar-refractivity contribution in [3.8, 4) is 0 Å². The van der Waals surface area contributed by atoms with Crippen LogP contribution in [0.2, 0.25) is 0 Å². The second kappa shape index (κ2) is 23.2. The summed E-state index contributed by atoms with van der Waals surface area (Å²) in [5.74, 6) is -1.95. The van der Waals surface area contributed by atoms with Crippen molar-refractivity contribution in [1.29, 1.82) is 0 Å². The Hall–Kier alpha value is -4.45. The molecule has 0 aromatic carbocycles. The number of unbranched alkanes of at least 4 members (excludes halogenated alkanes) is 2. The second-order valence-corrected chi connectivity index (χ2v) is 17.0. The summed E-state index contributed by atoms with van der Waals surface area (Å²) in [5.41, 5.74) is -3.86. The maximum Gasteiger partial charge on any atom is 0.311 e. The van der Waals surface area contributed by atoms with E-state index in [0.29, 0.717) is 69.4 Å². The zero-order chi connectivity index (χ0) is 43.6. The van der Waals surface area contributed by atoms with Crippen molar-refractivity contribution in [2.24, 2.45) is 28.7 Å². The van der Waals surface area contributed by atoms with Gasteiger partial charge in [0.2, 0.25) is 17.7 Å². The minimum Gasteiger partial charge on any atom is -0.465 e. The Bertz CT molecular complexity index is 1630. The van der Waals surface area contributed by atoms with Crippen LogP contribution in [0.5, 0.6) is 0 Å². The van der Waals surface area contributed by atoms with Crippen LogP contribution in [0.4, 0.5) is 0 Å². The largest absolute Gasteiger partial charge is 0.465 e. The number of amides is 3. The Morgan fingerprint density at radius 2 is 1.40 bits per heavy atom. The van der Waals surface area contributed by atoms with E-state index < -0.39 is 39.7 Å². The number of aliphatic hydroxyl groups excluding tert-OH is 2. The van der Waals surface area contributed by atoms with E-state index in [0.717, 1.165) is 0 Å². The number of carbonyl (C=O) groups is 5. The van der Waals surface area contributed by atoms with E-state index in [1.165, 1.54) is 0 Å². The van der Waals surface area contributed by atoms with Crippen LogP contribution in [0.3, 0.4) is 0 Å². The highest BCUT2D eigenvalue weighted by atomic mass is 16.5. The number of hydrogen-bond donors (Lipinski definition) is 5. The van der Waals surface area contributed by atoms with E-state index in [1.54, 1.807) is 77.4 Å². The van der Waals surface area contributed by atoms with E-state index in [9.17, 15) is 29.1 Å². The molecule has 0 aliphatic rings. The van der Waals surface area contributed by atoms with Crippen LogP contribution >= 0.6 is 0 Å². The van der Waals surface area contributed by atoms with Crippen LogP contribution < -0.4 is 16.0 Å². The lowest BCUT2D eigenvalue weighted by atomic mass is 9.61. The van der Waals surface area contributed by atoms with Gasteiger partial charge >= 0.3 is 11.9 Å². The van der Waals surface area contributed by atoms with E-state index >= 15 is 0 Å². The van der Waals surface area contributed by atoms with Gasteiger partial charge in [-0.25, -0.2) is 0 Å². The lowest BCUT2D eigenvalue weighted by molar-refractivity contribution is -0.163. The summed E-state index contributed by atoms with van der Waals surface area (Å²) >= 11 is 0. The number of esters is 2. The molecule has 0 spiro atoms. The highest BCUT2D eigenvalue weighted by Gasteiger charge is 2.52. The molecule has 5 N–H and O–H groups in total. The predicted octanol–water partition coefficient (Wildman–Crippen LogP) is 2.21. The Kier molecular flexibility index (Phi) is 19.9. The Balaban J connectivity index is 2.45. The second-order valence-electron chi connectivity index (χ2n) is 17.0. The summed E-state index contributed by atoms with van der Waals surface area (Å²) in [4.78, 5) is 68.0. The molecule has 0 aliphatic carbocycles. The van der Waals surface area contributed by atoms with Crippen LogP contribution in [-0.4, -0.2) is 116 Å². The Morgan fingerprint density at radius 1 is 0.793 bits per heavy atom. The minimum atomic E-state index is -1.43. The summed E-state index contributed by atoms with van der Waals surface area (Å²) in [6, 6.07) is 0. The number of aryl methyl sites for hydroxylation is 2. The number of carbonyl (C=O) groups excluding carboxylic acids is 5. The van der Waals surface area contributed by atoms with Crippen molar-refractivity contribution >= 4 is 29.7 Å². The number of aromatic nitrogens is 6. The first-order valence-corrected chi connectivity index (χ1v) is 20.4. The minimum absolute atomic E-state index is 0.0103. The number of hydrogen-bond acceptors (Lipinski definition) is 13. The summed E-state index contributed by atoms with van der Waals surface area (Å²) < 4.78 is 14.8. The quantitative estimate of drug-likeness (QED) is 0.0612. The molecule has 328 valence electrons. The standard InChI is InChI=1S/C40H69N9O9/c1-10-38(5,33(53)43-23-29(2)51)27-40(7,36(56)58-22-17-31-25-49(47-45-31)19-14-20-50)28-39(6,34(54)42-18-13-11-12-15-32(52)41-8)26-37(3,4)35(55)57-21-16-30-24-48(9)46-44-30/h24-25,29,50-51H,10-23,26-28H2,1-9H3,(H,41,52)(H,42,54)(H,43,53). The molecule has 0 bridgehead atoms. The van der Waals surface area contributed by atoms with Crippen LogP contribution in [-0.2, 0) is 59.9 Å². The molecule has 58 heavy (non-hydrogen) atoms. The van der Waals surface area contributed by atoms with Crippen molar-refractivity contribution in [2.75, 3.05) is 40.0 Å². The summed E-state index contributed by atoms with van der Waals surface area (Å²) in [5, 5.41) is 43.6. The molecule has 4 atom stereocenters. The average Bonchev–Trinajstić information content (AvgIpc) is 3.81. The van der Waals surface area contributed by atoms with Gasteiger partial charge in [0.25, 0.3) is 0 Å². The molecule has 0 saturated carbocycles. The van der Waals surface area contributed by atoms with Crippen molar-refractivity contribution < 1.29 is 43.7 Å². The fourth-order valence-corrected chi connectivity index (χ4v) is 7.32. The number of nitrogens with zero attached hydrogens (tertiary/aromatic N) is 6. The SMILES string of the molecule is CCC(C)(CC(C)(CC(C)(CC(C)(C)C(=O)OCCc1cn(C)nn1)C(=O)NCCCCCC(=O)NC)C(=O)OCCc1cn(CCCO)nn1)C(=O)NCC(C)O. The van der Waals surface area contributed by atoms with Crippen molar-refractivity contribution in [3.05, 3.63) is 23.8 Å². The molecule has 2 heterocycles. The van der Waals surface area contributed by atoms with Gasteiger partial charge in [0.1, 0.15) is 0 Å². The van der Waals surface area contributed by atoms with Gasteiger partial charge in [0.15, 0.2) is 0 Å². The molecule has 2 aromatic rings. The maximum atomic E-state index is 14.4. The van der Waals surface area contributed by atoms with Crippen LogP contribution in [0.1, 0.15) is 118 Å². The molecule has 0 radical (unpaired) electrons. The van der Waals surface area contributed by atoms with E-state index in [2.05, 4.69) is 36.6 Å². The number of nitrogens with one attached hydrogen (secondary N) is 3. The first-order valence-electron chi connectivity index (χ1n) is 20.4. The number of aliphatic hydroxyl groups is 2. The topological polar surface area (TPSA) is 242 Å². The van der Waals surface area contributed by atoms with Gasteiger partial charge in [-0.05, 0) is 72.6 Å². The smallest absolute Gasteiger partial charge is 0.311 e. The highest BCUT2D eigenvalue weighted by Crippen LogP contribution is 2.49. The zero-order valence-corrected chi connectivity index (χ0v) is 36.2. The molecular weight excluding hydrogens is 750 g/mol. The Labute approximate surface area is 342 Å². The van der Waals surface area contributed by atoms with Crippen LogP contribution in [0.15, 0.2) is 12.4 Å². The molecular formula is C40H69N9O9. The first-order chi connectivity index (χ1) is 27.2. The predicted molar refractivity (Wildman–Crippen MR) is 215 cm³/mol. The van der Waals surface area contributed by atoms with E-state index in [4.69, 9.17) is 14.6 Å². The number of rotatable bonds is 28. The van der Waals surface area contributed by atoms with Gasteiger partial charge in [0, 0.05) is 82.8 Å². The molecule has 18 heteroatoms. The molecule has 3 amide bonds. The van der Waals surface area contributed by atoms with Crippen LogP contribution in [0, 0.1) is 21.7 Å². The van der Waals surface area contributed by atoms with Gasteiger partial charge in [-0.1, -0.05) is 37.6 Å². The third kappa shape index (κ3) is 16.1. The average molecular weight is 820 g/mol. The summed E-state index contributed by atoms with van der Waals surface area (Å²) in [6.45, 7) is 12.8. The van der Waals surface area contributed by atoms with Crippen molar-refractivity contribution in [1.82, 2.24) is 45.9 Å². The Morgan fingerprint density at radius 3 is 1.98 bits per heavy atom. The highest BCUT2D eigenvalue weighted by molar-refractivity contribution is 5.87. The first kappa shape index (κ1) is 49.7. The van der Waals surface area contributed by atoms with E-state index in [-0.39, 0.29) is 69.8 Å². The monoisotopic (exact) mass is 820 g/mol. The molecule has 0 aliphatic heterocycles. The third-order valence-electron chi connectivity index (χ3n) is 10.5. The van der Waals surface area contributed by atoms with Crippen LogP contribution in [0.25, 0.3) is 0 Å². The lowest BCUT2D eigenvalue weighted by Gasteiger charge is -2.43. The molecule has 4 unspecified atom stereocenters. The van der Waals surface area contributed by atoms with E-state index in [1.807, 2.05) is 6.92 Å². The molecule has 0 fully saturated rings. The summed E-state index contributed by atoms with van der Waals surface area (Å²) in [7, 11) is 3.33. The van der Waals surface area contributed by atoms with Gasteiger partial charge < -0.3 is 35.6 Å². The molecule has 0 saturated heterocycles. The molecule has 18 nitrogen and oxygen atoms in total. The van der Waals surface area contributed by atoms with Gasteiger partial charge in [-0.2, -0.15) is 0 Å². The normalized spacial score (nSPS) is 15.3. The lowest BCUT2D eigenvalue weighted by Crippen LogP contribution is -2.51. The fourth-order valence-electron chi connectivity index (χ4n) is 7.32. The van der Waals surface area contributed by atoms with Gasteiger partial charge in [-0.3, -0.25) is 33.3 Å². The molecule has 2 aromatic heterocycles. The van der Waals surface area contributed by atoms with Crippen molar-refractivity contribution in [2.45, 2.75) is 132 Å². The van der Waals surface area contributed by atoms with Gasteiger partial charge in [0.05, 0.1) is 41.5 Å².